The van der Waals surface area contributed by atoms with Gasteiger partial charge in [-0.3, -0.25) is 9.59 Å². The Bertz CT molecular complexity index is 1180. The number of hydrogen-bond acceptors (Lipinski definition) is 5. The number of benzene rings is 2. The third-order valence-corrected chi connectivity index (χ3v) is 6.81. The smallest absolute Gasteiger partial charge is 0.255 e. The summed E-state index contributed by atoms with van der Waals surface area (Å²) < 4.78 is 1.72. The van der Waals surface area contributed by atoms with Crippen molar-refractivity contribution in [2.24, 2.45) is 5.92 Å². The Balaban J connectivity index is 1.41. The van der Waals surface area contributed by atoms with Crippen LogP contribution in [-0.2, 0) is 9.59 Å². The third kappa shape index (κ3) is 6.13. The Hall–Kier alpha value is -3.20. The van der Waals surface area contributed by atoms with Crippen molar-refractivity contribution < 1.29 is 19.8 Å². The van der Waals surface area contributed by atoms with Crippen molar-refractivity contribution in [1.29, 1.82) is 0 Å². The van der Waals surface area contributed by atoms with Gasteiger partial charge >= 0.3 is 0 Å². The van der Waals surface area contributed by atoms with Crippen LogP contribution in [0.2, 0.25) is 5.02 Å². The average Bonchev–Trinajstić information content (AvgIpc) is 3.54. The predicted octanol–water partition coefficient (Wildman–Crippen LogP) is 3.42. The standard InChI is InChI=1S/C27H31ClN4O4/c1-17(20-9-11-23(12-10-20)32-14-4-13-29-32)30-26(35)24(33)25(34)27(36)31(16-19-7-8-19)18(2)21-5-3-6-22(28)15-21/h3-6,9-15,17-19,24-25,33-34H,7-8,16H2,1-2H3,(H,30,35)/t17-,18?,24-,25-/m1/s1. The van der Waals surface area contributed by atoms with E-state index in [0.717, 1.165) is 29.7 Å². The fourth-order valence-corrected chi connectivity index (χ4v) is 4.33. The van der Waals surface area contributed by atoms with Crippen molar-refractivity contribution in [3.8, 4) is 5.69 Å². The van der Waals surface area contributed by atoms with Gasteiger partial charge in [0.1, 0.15) is 0 Å². The van der Waals surface area contributed by atoms with E-state index in [4.69, 9.17) is 11.6 Å². The zero-order chi connectivity index (χ0) is 25.8. The highest BCUT2D eigenvalue weighted by Gasteiger charge is 2.38. The molecule has 0 spiro atoms. The Morgan fingerprint density at radius 2 is 1.81 bits per heavy atom. The first-order valence-corrected chi connectivity index (χ1v) is 12.4. The highest BCUT2D eigenvalue weighted by atomic mass is 35.5. The van der Waals surface area contributed by atoms with Crippen molar-refractivity contribution in [3.63, 3.8) is 0 Å². The van der Waals surface area contributed by atoms with Gasteiger partial charge in [-0.1, -0.05) is 35.9 Å². The molecule has 9 heteroatoms. The second-order valence-electron chi connectivity index (χ2n) is 9.33. The molecule has 1 saturated carbocycles. The topological polar surface area (TPSA) is 108 Å². The van der Waals surface area contributed by atoms with Gasteiger partial charge in [-0.25, -0.2) is 4.68 Å². The van der Waals surface area contributed by atoms with Gasteiger partial charge in [0.05, 0.1) is 17.8 Å². The van der Waals surface area contributed by atoms with Crippen LogP contribution < -0.4 is 5.32 Å². The number of aliphatic hydroxyl groups is 2. The zero-order valence-electron chi connectivity index (χ0n) is 20.3. The summed E-state index contributed by atoms with van der Waals surface area (Å²) in [6, 6.07) is 15.6. The van der Waals surface area contributed by atoms with Crippen LogP contribution >= 0.6 is 11.6 Å². The lowest BCUT2D eigenvalue weighted by atomic mass is 10.0. The van der Waals surface area contributed by atoms with E-state index in [1.807, 2.05) is 49.5 Å². The van der Waals surface area contributed by atoms with Crippen LogP contribution in [0, 0.1) is 5.92 Å². The predicted molar refractivity (Wildman–Crippen MR) is 136 cm³/mol. The highest BCUT2D eigenvalue weighted by molar-refractivity contribution is 6.30. The van der Waals surface area contributed by atoms with Gasteiger partial charge < -0.3 is 20.4 Å². The molecule has 4 rings (SSSR count). The van der Waals surface area contributed by atoms with Crippen LogP contribution in [0.4, 0.5) is 0 Å². The normalized spacial score (nSPS) is 16.6. The van der Waals surface area contributed by atoms with Gasteiger partial charge in [-0.15, -0.1) is 0 Å². The Morgan fingerprint density at radius 3 is 2.42 bits per heavy atom. The number of rotatable bonds is 10. The SMILES string of the molecule is CC(c1cccc(Cl)c1)N(CC1CC1)C(=O)[C@H](O)[C@@H](O)C(=O)N[C@H](C)c1ccc(-n2cccn2)cc1. The maximum atomic E-state index is 13.3. The van der Waals surface area contributed by atoms with Gasteiger partial charge in [0, 0.05) is 24.0 Å². The summed E-state index contributed by atoms with van der Waals surface area (Å²) in [5.74, 6) is -1.16. The Kier molecular flexibility index (Phi) is 8.08. The van der Waals surface area contributed by atoms with Gasteiger partial charge in [-0.2, -0.15) is 5.10 Å². The number of amides is 2. The average molecular weight is 511 g/mol. The lowest BCUT2D eigenvalue weighted by Gasteiger charge is -2.32. The minimum Gasteiger partial charge on any atom is -0.380 e. The van der Waals surface area contributed by atoms with Crippen LogP contribution in [0.25, 0.3) is 5.69 Å². The number of aliphatic hydroxyl groups excluding tert-OH is 2. The van der Waals surface area contributed by atoms with E-state index in [9.17, 15) is 19.8 Å². The van der Waals surface area contributed by atoms with Crippen LogP contribution in [0.15, 0.2) is 67.0 Å². The molecule has 1 fully saturated rings. The molecule has 0 bridgehead atoms. The summed E-state index contributed by atoms with van der Waals surface area (Å²) >= 11 is 6.13. The van der Waals surface area contributed by atoms with Crippen LogP contribution in [0.1, 0.15) is 49.9 Å². The van der Waals surface area contributed by atoms with Crippen LogP contribution in [0.5, 0.6) is 0 Å². The van der Waals surface area contributed by atoms with E-state index < -0.39 is 30.1 Å². The number of nitrogens with zero attached hydrogens (tertiary/aromatic N) is 3. The lowest BCUT2D eigenvalue weighted by Crippen LogP contribution is -2.52. The highest BCUT2D eigenvalue weighted by Crippen LogP contribution is 2.33. The second-order valence-corrected chi connectivity index (χ2v) is 9.76. The van der Waals surface area contributed by atoms with Crippen molar-refractivity contribution in [1.82, 2.24) is 20.0 Å². The molecule has 0 saturated heterocycles. The first-order valence-electron chi connectivity index (χ1n) is 12.1. The van der Waals surface area contributed by atoms with Crippen LogP contribution in [0.3, 0.4) is 0 Å². The molecule has 4 atom stereocenters. The molecule has 3 aromatic rings. The number of halogens is 1. The summed E-state index contributed by atoms with van der Waals surface area (Å²) in [5.41, 5.74) is 2.49. The van der Waals surface area contributed by atoms with Gasteiger partial charge in [0.15, 0.2) is 12.2 Å². The maximum absolute atomic E-state index is 13.3. The molecule has 8 nitrogen and oxygen atoms in total. The molecule has 36 heavy (non-hydrogen) atoms. The van der Waals surface area contributed by atoms with E-state index in [-0.39, 0.29) is 6.04 Å². The monoisotopic (exact) mass is 510 g/mol. The number of aromatic nitrogens is 2. The Morgan fingerprint density at radius 1 is 1.08 bits per heavy atom. The molecular formula is C27H31ClN4O4. The molecule has 1 aliphatic rings. The van der Waals surface area contributed by atoms with E-state index >= 15 is 0 Å². The Labute approximate surface area is 215 Å². The van der Waals surface area contributed by atoms with Crippen molar-refractivity contribution in [2.45, 2.75) is 51.0 Å². The molecule has 190 valence electrons. The fraction of sp³-hybridized carbons (Fsp3) is 0.370. The van der Waals surface area contributed by atoms with Gasteiger partial charge in [0.25, 0.3) is 11.8 Å². The molecule has 2 aromatic carbocycles. The van der Waals surface area contributed by atoms with E-state index in [1.165, 1.54) is 4.90 Å². The molecule has 0 aliphatic heterocycles. The third-order valence-electron chi connectivity index (χ3n) is 6.57. The van der Waals surface area contributed by atoms with E-state index in [2.05, 4.69) is 10.4 Å². The second kappa shape index (κ2) is 11.2. The van der Waals surface area contributed by atoms with Crippen LogP contribution in [-0.4, -0.2) is 55.5 Å². The molecule has 1 aliphatic carbocycles. The summed E-state index contributed by atoms with van der Waals surface area (Å²) in [5, 5.41) is 28.7. The molecule has 1 aromatic heterocycles. The minimum atomic E-state index is -1.91. The summed E-state index contributed by atoms with van der Waals surface area (Å²) in [6.45, 7) is 4.05. The zero-order valence-corrected chi connectivity index (χ0v) is 21.0. The van der Waals surface area contributed by atoms with E-state index in [0.29, 0.717) is 17.5 Å². The summed E-state index contributed by atoms with van der Waals surface area (Å²) in [4.78, 5) is 27.5. The molecule has 1 unspecified atom stereocenters. The van der Waals surface area contributed by atoms with Gasteiger partial charge in [0.2, 0.25) is 0 Å². The maximum Gasteiger partial charge on any atom is 0.255 e. The van der Waals surface area contributed by atoms with Crippen molar-refractivity contribution in [3.05, 3.63) is 83.1 Å². The lowest BCUT2D eigenvalue weighted by molar-refractivity contribution is -0.155. The quantitative estimate of drug-likeness (QED) is 0.387. The molecule has 1 heterocycles. The first kappa shape index (κ1) is 25.9. The molecular weight excluding hydrogens is 480 g/mol. The largest absolute Gasteiger partial charge is 0.380 e. The molecule has 0 radical (unpaired) electrons. The number of carbonyl (C=O) groups excluding carboxylic acids is 2. The molecule has 3 N–H and O–H groups in total. The molecule has 2 amide bonds. The number of nitrogens with one attached hydrogen (secondary N) is 1. The minimum absolute atomic E-state index is 0.346. The van der Waals surface area contributed by atoms with Crippen molar-refractivity contribution in [2.75, 3.05) is 6.54 Å². The number of hydrogen-bond donors (Lipinski definition) is 3. The first-order chi connectivity index (χ1) is 17.2. The fourth-order valence-electron chi connectivity index (χ4n) is 4.13. The summed E-state index contributed by atoms with van der Waals surface area (Å²) in [6.07, 6.45) is 1.72. The summed E-state index contributed by atoms with van der Waals surface area (Å²) in [7, 11) is 0. The number of carbonyl (C=O) groups is 2. The van der Waals surface area contributed by atoms with Crippen molar-refractivity contribution >= 4 is 23.4 Å². The van der Waals surface area contributed by atoms with Gasteiger partial charge in [-0.05, 0) is 74.1 Å². The van der Waals surface area contributed by atoms with E-state index in [1.54, 1.807) is 36.0 Å².